The zero-order valence-corrected chi connectivity index (χ0v) is 12.4. The molecule has 2 nitrogen and oxygen atoms in total. The van der Waals surface area contributed by atoms with Crippen molar-refractivity contribution in [3.05, 3.63) is 35.4 Å². The lowest BCUT2D eigenvalue weighted by molar-refractivity contribution is 0.504. The molecule has 0 saturated heterocycles. The molecule has 0 spiro atoms. The van der Waals surface area contributed by atoms with Crippen LogP contribution in [-0.2, 0) is 6.42 Å². The number of thioether (sulfide) groups is 1. The van der Waals surface area contributed by atoms with Gasteiger partial charge in [0.1, 0.15) is 11.6 Å². The molecule has 1 saturated carbocycles. The third kappa shape index (κ3) is 4.43. The molecule has 1 aliphatic carbocycles. The highest BCUT2D eigenvalue weighted by Gasteiger charge is 2.18. The molecule has 5 heteroatoms. The Bertz CT molecular complexity index is 402. The molecule has 3 N–H and O–H groups in total. The number of hydrazine groups is 1. The van der Waals surface area contributed by atoms with Gasteiger partial charge in [-0.05, 0) is 31.4 Å². The topological polar surface area (TPSA) is 38.0 Å². The quantitative estimate of drug-likeness (QED) is 0.624. The van der Waals surface area contributed by atoms with Gasteiger partial charge in [-0.3, -0.25) is 11.3 Å². The summed E-state index contributed by atoms with van der Waals surface area (Å²) in [6.45, 7) is 0. The molecule has 0 bridgehead atoms. The Labute approximate surface area is 123 Å². The fourth-order valence-corrected chi connectivity index (χ4v) is 4.01. The molecule has 2 rings (SSSR count). The molecule has 0 radical (unpaired) electrons. The highest BCUT2D eigenvalue weighted by Crippen LogP contribution is 2.29. The lowest BCUT2D eigenvalue weighted by Crippen LogP contribution is -2.39. The van der Waals surface area contributed by atoms with Gasteiger partial charge in [0, 0.05) is 22.6 Å². The van der Waals surface area contributed by atoms with E-state index in [-0.39, 0.29) is 18.0 Å². The van der Waals surface area contributed by atoms with Gasteiger partial charge in [0.2, 0.25) is 0 Å². The van der Waals surface area contributed by atoms with Crippen molar-refractivity contribution in [2.24, 2.45) is 5.84 Å². The SMILES string of the molecule is NNC(CSC1CCCCC1)Cc1c(F)cccc1F. The van der Waals surface area contributed by atoms with E-state index in [9.17, 15) is 8.78 Å². The van der Waals surface area contributed by atoms with E-state index in [0.29, 0.717) is 5.25 Å². The van der Waals surface area contributed by atoms with Crippen LogP contribution in [0.4, 0.5) is 8.78 Å². The van der Waals surface area contributed by atoms with Gasteiger partial charge in [-0.2, -0.15) is 11.8 Å². The second-order valence-corrected chi connectivity index (χ2v) is 6.69. The molecule has 1 aromatic carbocycles. The zero-order valence-electron chi connectivity index (χ0n) is 11.6. The average Bonchev–Trinajstić information content (AvgIpc) is 2.47. The van der Waals surface area contributed by atoms with Gasteiger partial charge in [-0.25, -0.2) is 8.78 Å². The molecule has 0 heterocycles. The number of nitrogens with one attached hydrogen (secondary N) is 1. The first-order chi connectivity index (χ1) is 9.70. The van der Waals surface area contributed by atoms with Crippen molar-refractivity contribution in [1.82, 2.24) is 5.43 Å². The fraction of sp³-hybridized carbons (Fsp3) is 0.600. The van der Waals surface area contributed by atoms with Gasteiger partial charge < -0.3 is 0 Å². The van der Waals surface area contributed by atoms with Crippen LogP contribution in [0.1, 0.15) is 37.7 Å². The Morgan fingerprint density at radius 1 is 1.20 bits per heavy atom. The smallest absolute Gasteiger partial charge is 0.129 e. The van der Waals surface area contributed by atoms with E-state index in [2.05, 4.69) is 5.43 Å². The maximum Gasteiger partial charge on any atom is 0.129 e. The lowest BCUT2D eigenvalue weighted by atomic mass is 10.0. The van der Waals surface area contributed by atoms with E-state index >= 15 is 0 Å². The van der Waals surface area contributed by atoms with Crippen molar-refractivity contribution in [3.63, 3.8) is 0 Å². The molecule has 1 aliphatic rings. The summed E-state index contributed by atoms with van der Waals surface area (Å²) in [7, 11) is 0. The van der Waals surface area contributed by atoms with Crippen molar-refractivity contribution in [2.45, 2.75) is 49.8 Å². The van der Waals surface area contributed by atoms with E-state index in [1.807, 2.05) is 11.8 Å². The normalized spacial score (nSPS) is 18.1. The Kier molecular flexibility index (Phi) is 6.26. The van der Waals surface area contributed by atoms with Crippen LogP contribution < -0.4 is 11.3 Å². The van der Waals surface area contributed by atoms with Gasteiger partial charge in [-0.15, -0.1) is 0 Å². The molecular formula is C15H22F2N2S. The van der Waals surface area contributed by atoms with Crippen LogP contribution in [0.3, 0.4) is 0 Å². The molecule has 1 unspecified atom stereocenters. The summed E-state index contributed by atoms with van der Waals surface area (Å²) in [5, 5.41) is 0.671. The monoisotopic (exact) mass is 300 g/mol. The number of hydrogen-bond donors (Lipinski definition) is 2. The van der Waals surface area contributed by atoms with Gasteiger partial charge in [0.25, 0.3) is 0 Å². The number of rotatable bonds is 6. The molecule has 1 aromatic rings. The van der Waals surface area contributed by atoms with Crippen LogP contribution >= 0.6 is 11.8 Å². The number of halogens is 2. The van der Waals surface area contributed by atoms with Crippen LogP contribution in [0.25, 0.3) is 0 Å². The van der Waals surface area contributed by atoms with E-state index in [4.69, 9.17) is 5.84 Å². The van der Waals surface area contributed by atoms with Crippen molar-refractivity contribution in [2.75, 3.05) is 5.75 Å². The molecule has 0 amide bonds. The number of hydrogen-bond acceptors (Lipinski definition) is 3. The predicted molar refractivity (Wildman–Crippen MR) is 80.5 cm³/mol. The molecular weight excluding hydrogens is 278 g/mol. The highest BCUT2D eigenvalue weighted by molar-refractivity contribution is 7.99. The van der Waals surface area contributed by atoms with Crippen molar-refractivity contribution in [1.29, 1.82) is 0 Å². The lowest BCUT2D eigenvalue weighted by Gasteiger charge is -2.24. The van der Waals surface area contributed by atoms with Crippen LogP contribution in [0.5, 0.6) is 0 Å². The Balaban J connectivity index is 1.88. The first-order valence-electron chi connectivity index (χ1n) is 7.21. The Morgan fingerprint density at radius 2 is 1.85 bits per heavy atom. The van der Waals surface area contributed by atoms with Crippen LogP contribution in [0, 0.1) is 11.6 Å². The Hall–Kier alpha value is -0.650. The first-order valence-corrected chi connectivity index (χ1v) is 8.26. The summed E-state index contributed by atoms with van der Waals surface area (Å²) >= 11 is 1.87. The largest absolute Gasteiger partial charge is 0.271 e. The van der Waals surface area contributed by atoms with Gasteiger partial charge >= 0.3 is 0 Å². The minimum absolute atomic E-state index is 0.103. The molecule has 1 atom stereocenters. The molecule has 0 aromatic heterocycles. The third-order valence-corrected chi connectivity index (χ3v) is 5.37. The second kappa shape index (κ2) is 7.96. The summed E-state index contributed by atoms with van der Waals surface area (Å²) in [6.07, 6.45) is 6.69. The van der Waals surface area contributed by atoms with E-state index in [1.165, 1.54) is 50.3 Å². The third-order valence-electron chi connectivity index (χ3n) is 3.83. The minimum Gasteiger partial charge on any atom is -0.271 e. The van der Waals surface area contributed by atoms with Crippen LogP contribution in [0.2, 0.25) is 0 Å². The van der Waals surface area contributed by atoms with Gasteiger partial charge in [0.15, 0.2) is 0 Å². The van der Waals surface area contributed by atoms with E-state index in [0.717, 1.165) is 5.75 Å². The molecule has 112 valence electrons. The number of nitrogens with two attached hydrogens (primary N) is 1. The Morgan fingerprint density at radius 3 is 2.45 bits per heavy atom. The van der Waals surface area contributed by atoms with E-state index in [1.54, 1.807) is 0 Å². The summed E-state index contributed by atoms with van der Waals surface area (Å²) in [4.78, 5) is 0. The maximum atomic E-state index is 13.6. The molecule has 0 aliphatic heterocycles. The fourth-order valence-electron chi connectivity index (χ4n) is 2.62. The van der Waals surface area contributed by atoms with Crippen molar-refractivity contribution in [3.8, 4) is 0 Å². The van der Waals surface area contributed by atoms with Crippen molar-refractivity contribution < 1.29 is 8.78 Å². The highest BCUT2D eigenvalue weighted by atomic mass is 32.2. The summed E-state index contributed by atoms with van der Waals surface area (Å²) < 4.78 is 27.3. The standard InChI is InChI=1S/C15H22F2N2S/c16-14-7-4-8-15(17)13(14)9-11(19-18)10-20-12-5-2-1-3-6-12/h4,7-8,11-12,19H,1-3,5-6,9-10,18H2. The van der Waals surface area contributed by atoms with Crippen molar-refractivity contribution >= 4 is 11.8 Å². The predicted octanol–water partition coefficient (Wildman–Crippen LogP) is 3.41. The molecule has 1 fully saturated rings. The maximum absolute atomic E-state index is 13.6. The second-order valence-electron chi connectivity index (χ2n) is 5.36. The molecule has 20 heavy (non-hydrogen) atoms. The van der Waals surface area contributed by atoms with Crippen LogP contribution in [0.15, 0.2) is 18.2 Å². The first kappa shape index (κ1) is 15.7. The minimum atomic E-state index is -0.493. The summed E-state index contributed by atoms with van der Waals surface area (Å²) in [5.74, 6) is 5.33. The zero-order chi connectivity index (χ0) is 14.4. The summed E-state index contributed by atoms with van der Waals surface area (Å²) in [6, 6.07) is 3.87. The van der Waals surface area contributed by atoms with Gasteiger partial charge in [0.05, 0.1) is 0 Å². The number of benzene rings is 1. The average molecular weight is 300 g/mol. The van der Waals surface area contributed by atoms with E-state index < -0.39 is 11.6 Å². The van der Waals surface area contributed by atoms with Gasteiger partial charge in [-0.1, -0.05) is 25.3 Å². The van der Waals surface area contributed by atoms with Crippen LogP contribution in [-0.4, -0.2) is 17.0 Å². The summed E-state index contributed by atoms with van der Waals surface area (Å²) in [5.41, 5.74) is 2.82.